The molecule has 2 aliphatic heterocycles. The Labute approximate surface area is 188 Å². The highest BCUT2D eigenvalue weighted by molar-refractivity contribution is 8.00. The number of aromatic nitrogens is 4. The molecule has 0 saturated carbocycles. The van der Waals surface area contributed by atoms with Gasteiger partial charge in [0.25, 0.3) is 5.56 Å². The molecule has 0 bridgehead atoms. The van der Waals surface area contributed by atoms with Crippen molar-refractivity contribution >= 4 is 34.5 Å². The number of amides is 1. The van der Waals surface area contributed by atoms with Crippen LogP contribution in [0.1, 0.15) is 49.1 Å². The van der Waals surface area contributed by atoms with Crippen molar-refractivity contribution in [3.63, 3.8) is 0 Å². The van der Waals surface area contributed by atoms with Crippen LogP contribution in [0.25, 0.3) is 11.0 Å². The van der Waals surface area contributed by atoms with Crippen molar-refractivity contribution in [2.45, 2.75) is 43.6 Å². The van der Waals surface area contributed by atoms with Crippen molar-refractivity contribution in [2.75, 3.05) is 17.7 Å². The van der Waals surface area contributed by atoms with Gasteiger partial charge in [-0.2, -0.15) is 0 Å². The summed E-state index contributed by atoms with van der Waals surface area (Å²) in [6, 6.07) is 5.81. The van der Waals surface area contributed by atoms with Crippen molar-refractivity contribution in [1.29, 1.82) is 0 Å². The third-order valence-electron chi connectivity index (χ3n) is 6.50. The standard InChI is InChI=1S/C22H27N5O4S/c1-22(2)10-13(7-8-31-22)27-19-17(20(29)24-27)18(32-11-16(28)23-19)12-5-6-14-15(9-12)26(4)21(30)25(14)3/h5-6,9,13,18H,7-8,10-11H2,1-4H3,(H,23,28)(H,24,29)/t13-,18-/m0/s1. The van der Waals surface area contributed by atoms with Crippen LogP contribution in [-0.2, 0) is 23.6 Å². The summed E-state index contributed by atoms with van der Waals surface area (Å²) in [5.41, 5.74) is 2.44. The van der Waals surface area contributed by atoms with Crippen LogP contribution in [-0.4, -0.2) is 42.8 Å². The van der Waals surface area contributed by atoms with Crippen LogP contribution in [0, 0.1) is 0 Å². The van der Waals surface area contributed by atoms with E-state index in [0.29, 0.717) is 18.0 Å². The number of benzene rings is 1. The van der Waals surface area contributed by atoms with Gasteiger partial charge in [0, 0.05) is 20.7 Å². The predicted octanol–water partition coefficient (Wildman–Crippen LogP) is 2.27. The minimum absolute atomic E-state index is 0.0247. The average molecular weight is 458 g/mol. The van der Waals surface area contributed by atoms with Crippen molar-refractivity contribution in [1.82, 2.24) is 18.9 Å². The van der Waals surface area contributed by atoms with E-state index in [1.807, 2.05) is 36.7 Å². The van der Waals surface area contributed by atoms with Gasteiger partial charge in [-0.05, 0) is 44.4 Å². The SMILES string of the molecule is Cn1c(=O)n(C)c2cc([C@@H]3SCC(=O)Nc4c3c(=O)[nH]n4[C@H]3CCOC(C)(C)C3)ccc21. The average Bonchev–Trinajstić information content (AvgIpc) is 3.08. The molecule has 2 N–H and O–H groups in total. The first-order chi connectivity index (χ1) is 15.2. The molecule has 32 heavy (non-hydrogen) atoms. The summed E-state index contributed by atoms with van der Waals surface area (Å²) in [6.45, 7) is 4.67. The first-order valence-electron chi connectivity index (χ1n) is 10.7. The number of aryl methyl sites for hydroxylation is 2. The Hall–Kier alpha value is -2.72. The minimum Gasteiger partial charge on any atom is -0.375 e. The van der Waals surface area contributed by atoms with E-state index < -0.39 is 0 Å². The van der Waals surface area contributed by atoms with Gasteiger partial charge in [0.1, 0.15) is 5.82 Å². The number of aromatic amines is 1. The van der Waals surface area contributed by atoms with Crippen molar-refractivity contribution in [3.05, 3.63) is 50.2 Å². The molecule has 4 heterocycles. The lowest BCUT2D eigenvalue weighted by Gasteiger charge is -2.36. The number of hydrogen-bond acceptors (Lipinski definition) is 5. The lowest BCUT2D eigenvalue weighted by atomic mass is 9.94. The van der Waals surface area contributed by atoms with Crippen LogP contribution in [0.3, 0.4) is 0 Å². The predicted molar refractivity (Wildman–Crippen MR) is 124 cm³/mol. The monoisotopic (exact) mass is 457 g/mol. The number of carbonyl (C=O) groups excluding carboxylic acids is 1. The van der Waals surface area contributed by atoms with Crippen LogP contribution in [0.2, 0.25) is 0 Å². The molecule has 5 rings (SSSR count). The van der Waals surface area contributed by atoms with E-state index >= 15 is 0 Å². The third-order valence-corrected chi connectivity index (χ3v) is 7.77. The zero-order valence-electron chi connectivity index (χ0n) is 18.6. The zero-order valence-corrected chi connectivity index (χ0v) is 19.4. The molecule has 1 amide bonds. The van der Waals surface area contributed by atoms with E-state index in [1.54, 1.807) is 23.2 Å². The number of thioether (sulfide) groups is 1. The molecule has 2 atom stereocenters. The van der Waals surface area contributed by atoms with Gasteiger partial charge in [-0.3, -0.25) is 28.5 Å². The molecule has 10 heteroatoms. The Bertz CT molecular complexity index is 1340. The molecule has 1 fully saturated rings. The summed E-state index contributed by atoms with van der Waals surface area (Å²) in [7, 11) is 3.48. The van der Waals surface area contributed by atoms with Crippen LogP contribution < -0.4 is 16.6 Å². The number of ether oxygens (including phenoxy) is 1. The molecular formula is C22H27N5O4S. The molecule has 0 radical (unpaired) electrons. The number of anilines is 1. The van der Waals surface area contributed by atoms with Crippen molar-refractivity contribution < 1.29 is 9.53 Å². The molecule has 0 spiro atoms. The second-order valence-electron chi connectivity index (χ2n) is 9.22. The van der Waals surface area contributed by atoms with Gasteiger partial charge in [0.15, 0.2) is 0 Å². The molecular weight excluding hydrogens is 430 g/mol. The second-order valence-corrected chi connectivity index (χ2v) is 10.3. The molecule has 2 aromatic heterocycles. The van der Waals surface area contributed by atoms with E-state index in [9.17, 15) is 14.4 Å². The van der Waals surface area contributed by atoms with Crippen LogP contribution >= 0.6 is 11.8 Å². The molecule has 2 aliphatic rings. The van der Waals surface area contributed by atoms with E-state index in [-0.39, 0.29) is 39.8 Å². The van der Waals surface area contributed by atoms with Crippen LogP contribution in [0.15, 0.2) is 27.8 Å². The Morgan fingerprint density at radius 1 is 1.12 bits per heavy atom. The number of hydrogen-bond donors (Lipinski definition) is 2. The molecule has 1 saturated heterocycles. The number of nitrogens with zero attached hydrogens (tertiary/aromatic N) is 3. The smallest absolute Gasteiger partial charge is 0.328 e. The van der Waals surface area contributed by atoms with Gasteiger partial charge in [0.05, 0.1) is 39.2 Å². The summed E-state index contributed by atoms with van der Waals surface area (Å²) in [5.74, 6) is 0.648. The summed E-state index contributed by atoms with van der Waals surface area (Å²) >= 11 is 1.42. The maximum atomic E-state index is 13.2. The Morgan fingerprint density at radius 2 is 1.88 bits per heavy atom. The van der Waals surface area contributed by atoms with Gasteiger partial charge in [-0.15, -0.1) is 11.8 Å². The zero-order chi connectivity index (χ0) is 22.8. The first-order valence-corrected chi connectivity index (χ1v) is 11.8. The maximum Gasteiger partial charge on any atom is 0.328 e. The van der Waals surface area contributed by atoms with Gasteiger partial charge < -0.3 is 10.1 Å². The van der Waals surface area contributed by atoms with Gasteiger partial charge >= 0.3 is 5.69 Å². The highest BCUT2D eigenvalue weighted by Gasteiger charge is 2.36. The quantitative estimate of drug-likeness (QED) is 0.615. The second kappa shape index (κ2) is 7.41. The van der Waals surface area contributed by atoms with Gasteiger partial charge in [0.2, 0.25) is 5.91 Å². The molecule has 0 unspecified atom stereocenters. The van der Waals surface area contributed by atoms with Gasteiger partial charge in [-0.1, -0.05) is 6.07 Å². The van der Waals surface area contributed by atoms with Crippen molar-refractivity contribution in [3.8, 4) is 0 Å². The number of imidazole rings is 1. The van der Waals surface area contributed by atoms with E-state index in [4.69, 9.17) is 4.74 Å². The number of nitrogens with one attached hydrogen (secondary N) is 2. The summed E-state index contributed by atoms with van der Waals surface area (Å²) < 4.78 is 10.9. The fraction of sp³-hybridized carbons (Fsp3) is 0.500. The third kappa shape index (κ3) is 3.32. The van der Waals surface area contributed by atoms with Crippen molar-refractivity contribution in [2.24, 2.45) is 14.1 Å². The normalized spacial score (nSPS) is 23.1. The summed E-state index contributed by atoms with van der Waals surface area (Å²) in [5, 5.41) is 5.63. The Balaban J connectivity index is 1.64. The van der Waals surface area contributed by atoms with Crippen LogP contribution in [0.5, 0.6) is 0 Å². The lowest BCUT2D eigenvalue weighted by molar-refractivity contribution is -0.113. The fourth-order valence-electron chi connectivity index (χ4n) is 4.89. The highest BCUT2D eigenvalue weighted by Crippen LogP contribution is 2.42. The minimum atomic E-state index is -0.332. The largest absolute Gasteiger partial charge is 0.375 e. The molecule has 3 aromatic rings. The van der Waals surface area contributed by atoms with Crippen LogP contribution in [0.4, 0.5) is 5.82 Å². The molecule has 9 nitrogen and oxygen atoms in total. The lowest BCUT2D eigenvalue weighted by Crippen LogP contribution is -2.36. The Morgan fingerprint density at radius 3 is 2.62 bits per heavy atom. The number of fused-ring (bicyclic) bond motifs is 2. The van der Waals surface area contributed by atoms with Gasteiger partial charge in [-0.25, -0.2) is 4.79 Å². The summed E-state index contributed by atoms with van der Waals surface area (Å²) in [4.78, 5) is 38.1. The fourth-order valence-corrected chi connectivity index (χ4v) is 6.00. The summed E-state index contributed by atoms with van der Waals surface area (Å²) in [6.07, 6.45) is 1.49. The van der Waals surface area contributed by atoms with E-state index in [1.165, 1.54) is 11.8 Å². The first kappa shape index (κ1) is 21.1. The Kier molecular flexibility index (Phi) is 4.90. The van der Waals surface area contributed by atoms with E-state index in [2.05, 4.69) is 10.4 Å². The number of rotatable bonds is 2. The molecule has 1 aromatic carbocycles. The molecule has 0 aliphatic carbocycles. The maximum absolute atomic E-state index is 13.2. The topological polar surface area (TPSA) is 103 Å². The number of carbonyl (C=O) groups is 1. The van der Waals surface area contributed by atoms with E-state index in [0.717, 1.165) is 29.4 Å². The molecule has 170 valence electrons. The number of H-pyrrole nitrogens is 1. The highest BCUT2D eigenvalue weighted by atomic mass is 32.2.